The summed E-state index contributed by atoms with van der Waals surface area (Å²) in [5.41, 5.74) is -0.243. The van der Waals surface area contributed by atoms with E-state index < -0.39 is 29.3 Å². The minimum Gasteiger partial charge on any atom is -0.508 e. The van der Waals surface area contributed by atoms with Crippen molar-refractivity contribution in [2.45, 2.75) is 118 Å². The van der Waals surface area contributed by atoms with Crippen LogP contribution in [0.15, 0.2) is 18.2 Å². The molecule has 1 rings (SSSR count). The topological polar surface area (TPSA) is 108 Å². The summed E-state index contributed by atoms with van der Waals surface area (Å²) in [6.45, 7) is 19.3. The van der Waals surface area contributed by atoms with Crippen LogP contribution in [0, 0.1) is 12.8 Å². The zero-order valence-corrected chi connectivity index (χ0v) is 24.5. The Hall–Kier alpha value is -2.77. The van der Waals surface area contributed by atoms with Crippen molar-refractivity contribution in [1.82, 2.24) is 15.5 Å². The number of phenols is 1. The third-order valence-corrected chi connectivity index (χ3v) is 6.78. The van der Waals surface area contributed by atoms with E-state index in [4.69, 9.17) is 4.74 Å². The molecular weight excluding hydrogens is 470 g/mol. The number of rotatable bonds is 12. The Morgan fingerprint density at radius 3 is 2.19 bits per heavy atom. The Balaban J connectivity index is 3.67. The van der Waals surface area contributed by atoms with E-state index in [0.29, 0.717) is 30.5 Å². The van der Waals surface area contributed by atoms with Gasteiger partial charge in [0.1, 0.15) is 23.4 Å². The highest BCUT2D eigenvalue weighted by molar-refractivity contribution is 5.93. The Kier molecular flexibility index (Phi) is 11.9. The normalized spacial score (nSPS) is 14.3. The Labute approximate surface area is 223 Å². The van der Waals surface area contributed by atoms with Crippen molar-refractivity contribution in [2.75, 3.05) is 6.54 Å². The van der Waals surface area contributed by atoms with Crippen molar-refractivity contribution in [3.05, 3.63) is 29.3 Å². The fraction of sp³-hybridized carbons (Fsp3) is 0.690. The minimum absolute atomic E-state index is 0.116. The molecular formula is C29H49N3O5. The van der Waals surface area contributed by atoms with Crippen LogP contribution < -0.4 is 10.6 Å². The summed E-state index contributed by atoms with van der Waals surface area (Å²) < 4.78 is 5.46. The summed E-state index contributed by atoms with van der Waals surface area (Å²) in [5.74, 6) is -0.742. The van der Waals surface area contributed by atoms with Gasteiger partial charge in [-0.1, -0.05) is 46.6 Å². The first kappa shape index (κ1) is 32.3. The third kappa shape index (κ3) is 9.24. The number of nitrogens with one attached hydrogen (secondary N) is 2. The number of aromatic hydroxyl groups is 1. The van der Waals surface area contributed by atoms with E-state index >= 15 is 0 Å². The van der Waals surface area contributed by atoms with Crippen LogP contribution in [0.1, 0.15) is 105 Å². The maximum atomic E-state index is 14.4. The van der Waals surface area contributed by atoms with Crippen molar-refractivity contribution in [3.63, 3.8) is 0 Å². The molecule has 0 saturated heterocycles. The van der Waals surface area contributed by atoms with E-state index in [1.165, 1.54) is 0 Å². The lowest BCUT2D eigenvalue weighted by Gasteiger charge is -2.45. The highest BCUT2D eigenvalue weighted by Gasteiger charge is 2.44. The number of carbonyl (C=O) groups excluding carboxylic acids is 3. The Morgan fingerprint density at radius 2 is 1.70 bits per heavy atom. The fourth-order valence-electron chi connectivity index (χ4n) is 3.96. The molecule has 0 fully saturated rings. The van der Waals surface area contributed by atoms with Crippen LogP contribution in [0.25, 0.3) is 0 Å². The van der Waals surface area contributed by atoms with Crippen molar-refractivity contribution in [1.29, 1.82) is 0 Å². The maximum Gasteiger partial charge on any atom is 0.408 e. The van der Waals surface area contributed by atoms with E-state index in [0.717, 1.165) is 12.8 Å². The second-order valence-electron chi connectivity index (χ2n) is 11.5. The average molecular weight is 520 g/mol. The summed E-state index contributed by atoms with van der Waals surface area (Å²) in [5, 5.41) is 15.9. The summed E-state index contributed by atoms with van der Waals surface area (Å²) in [7, 11) is 0. The van der Waals surface area contributed by atoms with Crippen LogP contribution in [0.5, 0.6) is 5.75 Å². The molecule has 8 nitrogen and oxygen atoms in total. The number of nitrogens with zero attached hydrogens (tertiary/aromatic N) is 1. The smallest absolute Gasteiger partial charge is 0.408 e. The first-order chi connectivity index (χ1) is 17.1. The van der Waals surface area contributed by atoms with E-state index in [1.54, 1.807) is 50.8 Å². The van der Waals surface area contributed by atoms with Crippen LogP contribution in [0.2, 0.25) is 0 Å². The zero-order chi connectivity index (χ0) is 28.6. The number of unbranched alkanes of at least 4 members (excludes halogenated alkanes) is 1. The first-order valence-corrected chi connectivity index (χ1v) is 13.5. The van der Waals surface area contributed by atoms with E-state index in [2.05, 4.69) is 10.6 Å². The molecule has 1 aromatic carbocycles. The number of hydrogen-bond donors (Lipinski definition) is 3. The van der Waals surface area contributed by atoms with Crippen molar-refractivity contribution >= 4 is 17.9 Å². The molecule has 3 atom stereocenters. The monoisotopic (exact) mass is 519 g/mol. The molecule has 3 N–H and O–H groups in total. The summed E-state index contributed by atoms with van der Waals surface area (Å²) in [6, 6.07) is 3.12. The highest BCUT2D eigenvalue weighted by Crippen LogP contribution is 2.34. The third-order valence-electron chi connectivity index (χ3n) is 6.78. The number of carbonyl (C=O) groups is 3. The van der Waals surface area contributed by atoms with Gasteiger partial charge in [0.25, 0.3) is 0 Å². The average Bonchev–Trinajstić information content (AvgIpc) is 2.80. The van der Waals surface area contributed by atoms with Gasteiger partial charge in [-0.2, -0.15) is 0 Å². The second-order valence-corrected chi connectivity index (χ2v) is 11.5. The van der Waals surface area contributed by atoms with Gasteiger partial charge in [-0.3, -0.25) is 9.59 Å². The first-order valence-electron chi connectivity index (χ1n) is 13.5. The van der Waals surface area contributed by atoms with Crippen molar-refractivity contribution < 1.29 is 24.2 Å². The molecule has 1 aromatic rings. The van der Waals surface area contributed by atoms with Gasteiger partial charge in [0.2, 0.25) is 11.8 Å². The standard InChI is InChI=1S/C29H49N3O5/c1-11-14-17-30-25(34)24(21-15-16-22(33)20(5)18-21)32(29(9,10)13-3)26(35)23(19(4)12-2)31-27(36)37-28(6,7)8/h15-16,18-19,23-24,33H,11-14,17H2,1-10H3,(H,30,34)(H,31,36). The molecule has 0 heterocycles. The Bertz CT molecular complexity index is 923. The van der Waals surface area contributed by atoms with Gasteiger partial charge in [-0.05, 0) is 83.6 Å². The minimum atomic E-state index is -0.953. The predicted molar refractivity (Wildman–Crippen MR) is 147 cm³/mol. The van der Waals surface area contributed by atoms with Crippen LogP contribution >= 0.6 is 0 Å². The van der Waals surface area contributed by atoms with Crippen LogP contribution in [-0.4, -0.2) is 51.6 Å². The number of hydrogen-bond acceptors (Lipinski definition) is 5. The number of alkyl carbamates (subject to hydrolysis) is 1. The molecule has 0 aliphatic heterocycles. The molecule has 3 unspecified atom stereocenters. The number of benzene rings is 1. The molecule has 0 saturated carbocycles. The summed E-state index contributed by atoms with van der Waals surface area (Å²) in [6.07, 6.45) is 2.27. The summed E-state index contributed by atoms with van der Waals surface area (Å²) in [4.78, 5) is 42.5. The number of aryl methyl sites for hydroxylation is 1. The van der Waals surface area contributed by atoms with Gasteiger partial charge >= 0.3 is 6.09 Å². The van der Waals surface area contributed by atoms with E-state index in [1.807, 2.05) is 41.5 Å². The van der Waals surface area contributed by atoms with Gasteiger partial charge in [-0.15, -0.1) is 0 Å². The molecule has 0 bridgehead atoms. The van der Waals surface area contributed by atoms with Gasteiger partial charge < -0.3 is 25.4 Å². The lowest BCUT2D eigenvalue weighted by Crippen LogP contribution is -2.60. The fourth-order valence-corrected chi connectivity index (χ4v) is 3.96. The van der Waals surface area contributed by atoms with Crippen LogP contribution in [0.3, 0.4) is 0 Å². The van der Waals surface area contributed by atoms with Gasteiger partial charge in [-0.25, -0.2) is 4.79 Å². The van der Waals surface area contributed by atoms with Crippen molar-refractivity contribution in [3.8, 4) is 5.75 Å². The zero-order valence-electron chi connectivity index (χ0n) is 24.5. The molecule has 3 amide bonds. The molecule has 0 aromatic heterocycles. The van der Waals surface area contributed by atoms with Crippen LogP contribution in [-0.2, 0) is 14.3 Å². The summed E-state index contributed by atoms with van der Waals surface area (Å²) >= 11 is 0. The molecule has 0 aliphatic carbocycles. The number of phenolic OH excluding ortho intramolecular Hbond substituents is 1. The van der Waals surface area contributed by atoms with E-state index in [-0.39, 0.29) is 23.5 Å². The van der Waals surface area contributed by atoms with Gasteiger partial charge in [0.15, 0.2) is 0 Å². The molecule has 0 spiro atoms. The van der Waals surface area contributed by atoms with E-state index in [9.17, 15) is 19.5 Å². The lowest BCUT2D eigenvalue weighted by molar-refractivity contribution is -0.150. The predicted octanol–water partition coefficient (Wildman–Crippen LogP) is 5.61. The van der Waals surface area contributed by atoms with Gasteiger partial charge in [0, 0.05) is 12.1 Å². The molecule has 0 aliphatic rings. The molecule has 0 radical (unpaired) electrons. The lowest BCUT2D eigenvalue weighted by atomic mass is 9.89. The molecule has 8 heteroatoms. The SMILES string of the molecule is CCCCNC(=O)C(c1ccc(O)c(C)c1)N(C(=O)C(NC(=O)OC(C)(C)C)C(C)CC)C(C)(C)CC. The van der Waals surface area contributed by atoms with Gasteiger partial charge in [0.05, 0.1) is 0 Å². The quantitative estimate of drug-likeness (QED) is 0.311. The van der Waals surface area contributed by atoms with Crippen molar-refractivity contribution in [2.24, 2.45) is 5.92 Å². The highest BCUT2D eigenvalue weighted by atomic mass is 16.6. The number of ether oxygens (including phenoxy) is 1. The Morgan fingerprint density at radius 1 is 1.08 bits per heavy atom. The van der Waals surface area contributed by atoms with Crippen LogP contribution in [0.4, 0.5) is 4.79 Å². The molecule has 37 heavy (non-hydrogen) atoms. The number of amides is 3. The largest absolute Gasteiger partial charge is 0.508 e. The molecule has 210 valence electrons. The second kappa shape index (κ2) is 13.7. The maximum absolute atomic E-state index is 14.4.